The number of benzene rings is 11. The van der Waals surface area contributed by atoms with Gasteiger partial charge in [-0.25, -0.2) is 0 Å². The van der Waals surface area contributed by atoms with Crippen LogP contribution in [-0.2, 0) is 5.41 Å². The van der Waals surface area contributed by atoms with Gasteiger partial charge in [-0.05, 0) is 146 Å². The van der Waals surface area contributed by atoms with Gasteiger partial charge in [0.15, 0.2) is 0 Å². The van der Waals surface area contributed by atoms with Gasteiger partial charge in [-0.3, -0.25) is 0 Å². The first-order chi connectivity index (χ1) is 29.8. The van der Waals surface area contributed by atoms with Crippen LogP contribution in [0.2, 0.25) is 0 Å². The summed E-state index contributed by atoms with van der Waals surface area (Å²) in [5.41, 5.74) is 16.7. The Labute approximate surface area is 346 Å². The largest absolute Gasteiger partial charge is 0.456 e. The molecule has 2 aliphatic rings. The molecule has 12 aromatic rings. The lowest BCUT2D eigenvalue weighted by molar-refractivity contribution is 0.669. The van der Waals surface area contributed by atoms with E-state index in [0.29, 0.717) is 0 Å². The monoisotopic (exact) mass is 758 g/mol. The van der Waals surface area contributed by atoms with E-state index >= 15 is 0 Å². The third-order valence-corrected chi connectivity index (χ3v) is 13.8. The van der Waals surface area contributed by atoms with Crippen molar-refractivity contribution in [3.8, 4) is 44.5 Å². The van der Waals surface area contributed by atoms with Crippen molar-refractivity contribution in [2.45, 2.75) is 5.41 Å². The summed E-state index contributed by atoms with van der Waals surface area (Å²) in [6.07, 6.45) is 0. The average Bonchev–Trinajstić information content (AvgIpc) is 3.94. The standard InChI is InChI=1S/C59H34O/c1-4-16-40-35(13-1)25-29-47-50(40)32-37-15-2-5-17-41(37)56(47)39-27-30-48-53(33-39)59(51-22-10-7-19-43(51)44-20-8-11-23-52(44)59)58-49(31-36-14-3-6-18-42(36)57(48)58)38-26-28-46-45-21-9-12-24-54(45)60-55(46)34-38/h1-34H. The number of hydrogen-bond acceptors (Lipinski definition) is 1. The molecule has 1 nitrogen and oxygen atoms in total. The average molecular weight is 759 g/mol. The Morgan fingerprint density at radius 2 is 0.867 bits per heavy atom. The molecule has 0 fully saturated rings. The van der Waals surface area contributed by atoms with Crippen LogP contribution in [0, 0.1) is 0 Å². The fourth-order valence-corrected chi connectivity index (χ4v) is 11.4. The van der Waals surface area contributed by atoms with Crippen LogP contribution in [0.1, 0.15) is 22.3 Å². The van der Waals surface area contributed by atoms with Crippen molar-refractivity contribution >= 4 is 65.0 Å². The summed E-state index contributed by atoms with van der Waals surface area (Å²) in [7, 11) is 0. The zero-order valence-electron chi connectivity index (χ0n) is 32.5. The molecule has 0 unspecified atom stereocenters. The summed E-state index contributed by atoms with van der Waals surface area (Å²) in [6.45, 7) is 0. The summed E-state index contributed by atoms with van der Waals surface area (Å²) in [5, 5.41) is 12.4. The number of furan rings is 1. The van der Waals surface area contributed by atoms with Gasteiger partial charge in [-0.15, -0.1) is 0 Å². The molecular weight excluding hydrogens is 725 g/mol. The maximum absolute atomic E-state index is 6.57. The second-order valence-electron chi connectivity index (χ2n) is 16.7. The predicted molar refractivity (Wildman–Crippen MR) is 251 cm³/mol. The summed E-state index contributed by atoms with van der Waals surface area (Å²) in [5.74, 6) is 0. The van der Waals surface area contributed by atoms with Crippen LogP contribution in [0.3, 0.4) is 0 Å². The summed E-state index contributed by atoms with van der Waals surface area (Å²) in [4.78, 5) is 0. The molecule has 0 saturated heterocycles. The third kappa shape index (κ3) is 4.06. The maximum Gasteiger partial charge on any atom is 0.136 e. The van der Waals surface area contributed by atoms with E-state index in [-0.39, 0.29) is 0 Å². The quantitative estimate of drug-likeness (QED) is 0.126. The minimum atomic E-state index is -0.580. The van der Waals surface area contributed by atoms with Crippen molar-refractivity contribution in [1.82, 2.24) is 0 Å². The molecule has 1 heteroatoms. The molecule has 0 aliphatic heterocycles. The zero-order chi connectivity index (χ0) is 39.1. The van der Waals surface area contributed by atoms with Crippen LogP contribution in [0.5, 0.6) is 0 Å². The summed E-state index contributed by atoms with van der Waals surface area (Å²) < 4.78 is 6.57. The Kier molecular flexibility index (Phi) is 6.28. The predicted octanol–water partition coefficient (Wildman–Crippen LogP) is 15.9. The Bertz CT molecular complexity index is 3800. The lowest BCUT2D eigenvalue weighted by Crippen LogP contribution is -2.26. The SMILES string of the molecule is c1ccc2c(c1)-c1ccccc1C21c2cc(-c3c4ccccc4cc4c3ccc3ccccc34)ccc2-c2c1c(-c1ccc3c(c1)oc1ccccc13)cc1ccccc21. The van der Waals surface area contributed by atoms with E-state index in [0.717, 1.165) is 27.5 Å². The van der Waals surface area contributed by atoms with Crippen LogP contribution in [0.25, 0.3) is 110 Å². The maximum atomic E-state index is 6.57. The van der Waals surface area contributed by atoms with Gasteiger partial charge in [-0.1, -0.05) is 170 Å². The van der Waals surface area contributed by atoms with Gasteiger partial charge in [0.2, 0.25) is 0 Å². The molecule has 0 saturated carbocycles. The smallest absolute Gasteiger partial charge is 0.136 e. The van der Waals surface area contributed by atoms with Gasteiger partial charge in [-0.2, -0.15) is 0 Å². The Morgan fingerprint density at radius 3 is 1.65 bits per heavy atom. The van der Waals surface area contributed by atoms with Gasteiger partial charge in [0, 0.05) is 10.8 Å². The van der Waals surface area contributed by atoms with E-state index in [1.165, 1.54) is 104 Å². The van der Waals surface area contributed by atoms with Gasteiger partial charge in [0.05, 0.1) is 5.41 Å². The molecule has 0 atom stereocenters. The molecule has 0 amide bonds. The number of para-hydroxylation sites is 1. The first kappa shape index (κ1) is 32.2. The molecule has 1 heterocycles. The van der Waals surface area contributed by atoms with E-state index < -0.39 is 5.41 Å². The third-order valence-electron chi connectivity index (χ3n) is 13.8. The Morgan fingerprint density at radius 1 is 0.283 bits per heavy atom. The van der Waals surface area contributed by atoms with E-state index in [4.69, 9.17) is 4.42 Å². The molecular formula is C59H34O. The molecule has 60 heavy (non-hydrogen) atoms. The Hall–Kier alpha value is -7.74. The number of hydrogen-bond donors (Lipinski definition) is 0. The second-order valence-corrected chi connectivity index (χ2v) is 16.7. The van der Waals surface area contributed by atoms with Gasteiger partial charge in [0.25, 0.3) is 0 Å². The zero-order valence-corrected chi connectivity index (χ0v) is 32.5. The second kappa shape index (κ2) is 11.7. The fraction of sp³-hybridized carbons (Fsp3) is 0.0169. The first-order valence-electron chi connectivity index (χ1n) is 20.9. The van der Waals surface area contributed by atoms with Crippen LogP contribution >= 0.6 is 0 Å². The van der Waals surface area contributed by atoms with Gasteiger partial charge in [0.1, 0.15) is 11.2 Å². The van der Waals surface area contributed by atoms with E-state index in [9.17, 15) is 0 Å². The van der Waals surface area contributed by atoms with E-state index in [1.807, 2.05) is 0 Å². The van der Waals surface area contributed by atoms with Crippen LogP contribution in [0.4, 0.5) is 0 Å². The highest BCUT2D eigenvalue weighted by Crippen LogP contribution is 2.66. The highest BCUT2D eigenvalue weighted by Gasteiger charge is 2.53. The highest BCUT2D eigenvalue weighted by atomic mass is 16.3. The summed E-state index contributed by atoms with van der Waals surface area (Å²) in [6, 6.07) is 77.1. The minimum Gasteiger partial charge on any atom is -0.456 e. The molecule has 1 aromatic heterocycles. The number of fused-ring (bicyclic) bond motifs is 19. The highest BCUT2D eigenvalue weighted by molar-refractivity contribution is 6.21. The molecule has 14 rings (SSSR count). The van der Waals surface area contributed by atoms with Crippen molar-refractivity contribution in [3.05, 3.63) is 229 Å². The molecule has 0 radical (unpaired) electrons. The van der Waals surface area contributed by atoms with Crippen molar-refractivity contribution in [3.63, 3.8) is 0 Å². The van der Waals surface area contributed by atoms with Crippen molar-refractivity contribution in [2.75, 3.05) is 0 Å². The topological polar surface area (TPSA) is 13.1 Å². The van der Waals surface area contributed by atoms with Crippen LogP contribution < -0.4 is 0 Å². The Balaban J connectivity index is 1.14. The molecule has 0 bridgehead atoms. The van der Waals surface area contributed by atoms with Crippen LogP contribution in [0.15, 0.2) is 211 Å². The fourth-order valence-electron chi connectivity index (χ4n) is 11.4. The molecule has 11 aromatic carbocycles. The molecule has 0 N–H and O–H groups in total. The lowest BCUT2D eigenvalue weighted by Gasteiger charge is -2.33. The van der Waals surface area contributed by atoms with Crippen molar-refractivity contribution in [2.24, 2.45) is 0 Å². The van der Waals surface area contributed by atoms with Crippen molar-refractivity contribution < 1.29 is 4.42 Å². The molecule has 276 valence electrons. The minimum absolute atomic E-state index is 0.580. The molecule has 1 spiro atoms. The number of rotatable bonds is 2. The lowest BCUT2D eigenvalue weighted by atomic mass is 9.68. The van der Waals surface area contributed by atoms with E-state index in [2.05, 4.69) is 206 Å². The molecule has 2 aliphatic carbocycles. The van der Waals surface area contributed by atoms with Gasteiger partial charge < -0.3 is 4.42 Å². The van der Waals surface area contributed by atoms with E-state index in [1.54, 1.807) is 0 Å². The summed E-state index contributed by atoms with van der Waals surface area (Å²) >= 11 is 0. The van der Waals surface area contributed by atoms with Crippen molar-refractivity contribution in [1.29, 1.82) is 0 Å². The van der Waals surface area contributed by atoms with Crippen LogP contribution in [-0.4, -0.2) is 0 Å². The normalized spacial score (nSPS) is 13.5. The first-order valence-corrected chi connectivity index (χ1v) is 20.9. The van der Waals surface area contributed by atoms with Gasteiger partial charge >= 0.3 is 0 Å².